The molecule has 1 heterocycles. The molecule has 86 valence electrons. The highest BCUT2D eigenvalue weighted by atomic mass is 16.2. The summed E-state index contributed by atoms with van der Waals surface area (Å²) in [6.45, 7) is 6.01. The average molecular weight is 211 g/mol. The average Bonchev–Trinajstić information content (AvgIpc) is 3.01. The summed E-state index contributed by atoms with van der Waals surface area (Å²) in [7, 11) is 0. The largest absolute Gasteiger partial charge is 0.340 e. The number of likely N-dealkylation sites (tertiary alicyclic amines) is 1. The van der Waals surface area contributed by atoms with Crippen LogP contribution in [0.3, 0.4) is 0 Å². The number of likely N-dealkylation sites (N-methyl/N-ethyl adjacent to an activating group) is 1. The summed E-state index contributed by atoms with van der Waals surface area (Å²) in [5, 5.41) is 0. The van der Waals surface area contributed by atoms with Crippen molar-refractivity contribution in [2.75, 3.05) is 26.2 Å². The van der Waals surface area contributed by atoms with Crippen LogP contribution in [-0.2, 0) is 4.79 Å². The van der Waals surface area contributed by atoms with Crippen molar-refractivity contribution in [1.29, 1.82) is 0 Å². The molecule has 0 aromatic heterocycles. The van der Waals surface area contributed by atoms with E-state index in [4.69, 9.17) is 5.73 Å². The first-order valence-corrected chi connectivity index (χ1v) is 6.00. The number of hydrogen-bond donors (Lipinski definition) is 1. The van der Waals surface area contributed by atoms with Gasteiger partial charge in [0.05, 0.1) is 6.04 Å². The van der Waals surface area contributed by atoms with Crippen molar-refractivity contribution in [3.05, 3.63) is 0 Å². The normalized spacial score (nSPS) is 26.7. The van der Waals surface area contributed by atoms with Crippen LogP contribution in [0.25, 0.3) is 0 Å². The van der Waals surface area contributed by atoms with Crippen LogP contribution < -0.4 is 5.73 Å². The molecule has 1 atom stereocenters. The first kappa shape index (κ1) is 10.9. The van der Waals surface area contributed by atoms with Gasteiger partial charge in [-0.05, 0) is 25.8 Å². The fourth-order valence-corrected chi connectivity index (χ4v) is 2.27. The van der Waals surface area contributed by atoms with Crippen molar-refractivity contribution in [3.8, 4) is 0 Å². The molecule has 1 aliphatic carbocycles. The third-order valence-corrected chi connectivity index (χ3v) is 3.47. The van der Waals surface area contributed by atoms with Gasteiger partial charge < -0.3 is 10.6 Å². The molecule has 2 fully saturated rings. The second kappa shape index (κ2) is 4.49. The van der Waals surface area contributed by atoms with Crippen LogP contribution in [0.2, 0.25) is 0 Å². The number of amides is 1. The maximum atomic E-state index is 11.6. The number of rotatable bonds is 5. The molecule has 1 saturated heterocycles. The number of nitrogens with zero attached hydrogens (tertiary/aromatic N) is 2. The minimum absolute atomic E-state index is 0.141. The van der Waals surface area contributed by atoms with Crippen molar-refractivity contribution in [2.24, 2.45) is 5.73 Å². The summed E-state index contributed by atoms with van der Waals surface area (Å²) in [5.74, 6) is 0.141. The Morgan fingerprint density at radius 3 is 2.67 bits per heavy atom. The van der Waals surface area contributed by atoms with E-state index in [1.54, 1.807) is 0 Å². The zero-order valence-corrected chi connectivity index (χ0v) is 9.48. The Hall–Kier alpha value is -0.610. The van der Waals surface area contributed by atoms with Gasteiger partial charge >= 0.3 is 0 Å². The summed E-state index contributed by atoms with van der Waals surface area (Å²) in [4.78, 5) is 16.0. The van der Waals surface area contributed by atoms with Gasteiger partial charge in [0, 0.05) is 25.7 Å². The highest BCUT2D eigenvalue weighted by Gasteiger charge is 2.31. The molecule has 15 heavy (non-hydrogen) atoms. The summed E-state index contributed by atoms with van der Waals surface area (Å²) in [6, 6.07) is 0.558. The molecule has 2 rings (SSSR count). The lowest BCUT2D eigenvalue weighted by atomic mass is 10.3. The molecule has 0 bridgehead atoms. The highest BCUT2D eigenvalue weighted by molar-refractivity contribution is 5.83. The van der Waals surface area contributed by atoms with Crippen LogP contribution in [0.15, 0.2) is 0 Å². The van der Waals surface area contributed by atoms with Gasteiger partial charge in [-0.15, -0.1) is 0 Å². The van der Waals surface area contributed by atoms with Crippen LogP contribution >= 0.6 is 0 Å². The molecular weight excluding hydrogens is 190 g/mol. The SMILES string of the molecule is CCN(CCN1CCC(N)C1=O)C1CC1. The van der Waals surface area contributed by atoms with Crippen LogP contribution in [0.4, 0.5) is 0 Å². The van der Waals surface area contributed by atoms with Gasteiger partial charge in [-0.25, -0.2) is 0 Å². The molecule has 0 aromatic rings. The molecule has 0 radical (unpaired) electrons. The lowest BCUT2D eigenvalue weighted by Gasteiger charge is -2.23. The topological polar surface area (TPSA) is 49.6 Å². The standard InChI is InChI=1S/C11H21N3O/c1-2-13(9-3-4-9)7-8-14-6-5-10(12)11(14)15/h9-10H,2-8,12H2,1H3. The smallest absolute Gasteiger partial charge is 0.239 e. The predicted molar refractivity (Wildman–Crippen MR) is 59.4 cm³/mol. The maximum absolute atomic E-state index is 11.6. The molecule has 0 spiro atoms. The summed E-state index contributed by atoms with van der Waals surface area (Å²) in [5.41, 5.74) is 5.67. The molecule has 2 N–H and O–H groups in total. The molecule has 4 nitrogen and oxygen atoms in total. The van der Waals surface area contributed by atoms with E-state index in [2.05, 4.69) is 11.8 Å². The molecular formula is C11H21N3O. The van der Waals surface area contributed by atoms with Crippen molar-refractivity contribution >= 4 is 5.91 Å². The van der Waals surface area contributed by atoms with Crippen molar-refractivity contribution in [3.63, 3.8) is 0 Å². The van der Waals surface area contributed by atoms with Gasteiger partial charge in [-0.1, -0.05) is 6.92 Å². The van der Waals surface area contributed by atoms with E-state index >= 15 is 0 Å². The van der Waals surface area contributed by atoms with E-state index in [0.717, 1.165) is 38.6 Å². The van der Waals surface area contributed by atoms with Gasteiger partial charge in [0.2, 0.25) is 5.91 Å². The Morgan fingerprint density at radius 2 is 2.20 bits per heavy atom. The Balaban J connectivity index is 1.74. The number of carbonyl (C=O) groups excluding carboxylic acids is 1. The molecule has 4 heteroatoms. The second-order valence-electron chi connectivity index (χ2n) is 4.58. The monoisotopic (exact) mass is 211 g/mol. The minimum atomic E-state index is -0.235. The van der Waals surface area contributed by atoms with Gasteiger partial charge in [0.15, 0.2) is 0 Å². The summed E-state index contributed by atoms with van der Waals surface area (Å²) < 4.78 is 0. The quantitative estimate of drug-likeness (QED) is 0.698. The third-order valence-electron chi connectivity index (χ3n) is 3.47. The molecule has 1 amide bonds. The Labute approximate surface area is 91.4 Å². The Bertz CT molecular complexity index is 240. The van der Waals surface area contributed by atoms with Gasteiger partial charge in [0.25, 0.3) is 0 Å². The van der Waals surface area contributed by atoms with E-state index in [0.29, 0.717) is 0 Å². The van der Waals surface area contributed by atoms with Crippen LogP contribution in [0, 0.1) is 0 Å². The first-order valence-electron chi connectivity index (χ1n) is 6.00. The fraction of sp³-hybridized carbons (Fsp3) is 0.909. The number of nitrogens with two attached hydrogens (primary N) is 1. The number of carbonyl (C=O) groups is 1. The van der Waals surface area contributed by atoms with Gasteiger partial charge in [-0.2, -0.15) is 0 Å². The lowest BCUT2D eigenvalue weighted by Crippen LogP contribution is -2.39. The molecule has 1 unspecified atom stereocenters. The van der Waals surface area contributed by atoms with Crippen molar-refractivity contribution < 1.29 is 4.79 Å². The van der Waals surface area contributed by atoms with E-state index < -0.39 is 0 Å². The zero-order chi connectivity index (χ0) is 10.8. The van der Waals surface area contributed by atoms with Crippen LogP contribution in [-0.4, -0.2) is 54.0 Å². The van der Waals surface area contributed by atoms with Crippen LogP contribution in [0.1, 0.15) is 26.2 Å². The second-order valence-corrected chi connectivity index (χ2v) is 4.58. The minimum Gasteiger partial charge on any atom is -0.340 e. The Morgan fingerprint density at radius 1 is 1.47 bits per heavy atom. The van der Waals surface area contributed by atoms with Crippen molar-refractivity contribution in [1.82, 2.24) is 9.80 Å². The van der Waals surface area contributed by atoms with E-state index in [1.807, 2.05) is 4.90 Å². The van der Waals surface area contributed by atoms with E-state index in [-0.39, 0.29) is 11.9 Å². The molecule has 1 aliphatic heterocycles. The maximum Gasteiger partial charge on any atom is 0.239 e. The summed E-state index contributed by atoms with van der Waals surface area (Å²) in [6.07, 6.45) is 3.50. The molecule has 2 aliphatic rings. The number of hydrogen-bond acceptors (Lipinski definition) is 3. The first-order chi connectivity index (χ1) is 7.22. The fourth-order valence-electron chi connectivity index (χ4n) is 2.27. The van der Waals surface area contributed by atoms with Crippen LogP contribution in [0.5, 0.6) is 0 Å². The van der Waals surface area contributed by atoms with Gasteiger partial charge in [-0.3, -0.25) is 9.69 Å². The summed E-state index contributed by atoms with van der Waals surface area (Å²) >= 11 is 0. The predicted octanol–water partition coefficient (Wildman–Crippen LogP) is 0.0303. The highest BCUT2D eigenvalue weighted by Crippen LogP contribution is 2.26. The van der Waals surface area contributed by atoms with E-state index in [9.17, 15) is 4.79 Å². The molecule has 1 saturated carbocycles. The van der Waals surface area contributed by atoms with E-state index in [1.165, 1.54) is 12.8 Å². The third kappa shape index (κ3) is 2.49. The lowest BCUT2D eigenvalue weighted by molar-refractivity contribution is -0.128. The van der Waals surface area contributed by atoms with Crippen molar-refractivity contribution in [2.45, 2.75) is 38.3 Å². The zero-order valence-electron chi connectivity index (χ0n) is 9.48. The van der Waals surface area contributed by atoms with Gasteiger partial charge in [0.1, 0.15) is 0 Å². The Kier molecular flexibility index (Phi) is 3.26. The molecule has 0 aromatic carbocycles.